The zero-order valence-corrected chi connectivity index (χ0v) is 7.01. The van der Waals surface area contributed by atoms with Crippen molar-refractivity contribution >= 4 is 16.6 Å². The summed E-state index contributed by atoms with van der Waals surface area (Å²) in [6.45, 7) is 0. The van der Waals surface area contributed by atoms with Gasteiger partial charge in [-0.05, 0) is 12.1 Å². The van der Waals surface area contributed by atoms with E-state index in [0.717, 1.165) is 0 Å². The van der Waals surface area contributed by atoms with Crippen molar-refractivity contribution in [1.82, 2.24) is 4.98 Å². The van der Waals surface area contributed by atoms with Crippen LogP contribution < -0.4 is 0 Å². The first-order valence-electron chi connectivity index (χ1n) is 3.89. The number of pyridine rings is 1. The lowest BCUT2D eigenvalue weighted by atomic mass is 10.2. The lowest BCUT2D eigenvalue weighted by Crippen LogP contribution is -1.90. The average Bonchev–Trinajstić information content (AvgIpc) is 2.17. The summed E-state index contributed by atoms with van der Waals surface area (Å²) in [6.07, 6.45) is 1.27. The van der Waals surface area contributed by atoms with Gasteiger partial charge in [-0.15, -0.1) is 0 Å². The standard InChI is InChI=1S/C9H5N2O3/c12-8-3-1-2-6-7(11(13)14)4-5-10-9(6)8/h1-5H. The van der Waals surface area contributed by atoms with Gasteiger partial charge >= 0.3 is 0 Å². The molecule has 5 heteroatoms. The molecule has 1 aromatic heterocycles. The predicted molar refractivity (Wildman–Crippen MR) is 48.5 cm³/mol. The number of nitrogens with zero attached hydrogens (tertiary/aromatic N) is 2. The van der Waals surface area contributed by atoms with E-state index in [1.807, 2.05) is 0 Å². The Balaban J connectivity index is 2.88. The van der Waals surface area contributed by atoms with Crippen LogP contribution in [0.4, 0.5) is 5.69 Å². The fourth-order valence-electron chi connectivity index (χ4n) is 1.29. The Kier molecular flexibility index (Phi) is 1.78. The van der Waals surface area contributed by atoms with Crippen LogP contribution in [0.5, 0.6) is 5.75 Å². The molecule has 0 bridgehead atoms. The minimum atomic E-state index is -0.524. The van der Waals surface area contributed by atoms with Gasteiger partial charge in [0.2, 0.25) is 5.75 Å². The van der Waals surface area contributed by atoms with Crippen molar-refractivity contribution < 1.29 is 10.0 Å². The fraction of sp³-hybridized carbons (Fsp3) is 0. The Morgan fingerprint density at radius 3 is 2.79 bits per heavy atom. The van der Waals surface area contributed by atoms with Crippen LogP contribution in [-0.2, 0) is 5.11 Å². The molecule has 0 aliphatic heterocycles. The van der Waals surface area contributed by atoms with E-state index in [2.05, 4.69) is 4.98 Å². The molecular weight excluding hydrogens is 184 g/mol. The number of para-hydroxylation sites is 1. The van der Waals surface area contributed by atoms with Crippen LogP contribution in [0.15, 0.2) is 30.5 Å². The topological polar surface area (TPSA) is 75.9 Å². The number of hydrogen-bond acceptors (Lipinski definition) is 3. The van der Waals surface area contributed by atoms with Crippen molar-refractivity contribution in [3.8, 4) is 5.75 Å². The molecule has 0 N–H and O–H groups in total. The van der Waals surface area contributed by atoms with E-state index in [1.54, 1.807) is 0 Å². The van der Waals surface area contributed by atoms with Crippen molar-refractivity contribution in [3.63, 3.8) is 0 Å². The predicted octanol–water partition coefficient (Wildman–Crippen LogP) is 2.29. The first kappa shape index (κ1) is 8.43. The number of rotatable bonds is 1. The highest BCUT2D eigenvalue weighted by molar-refractivity contribution is 5.91. The SMILES string of the molecule is [O]c1cccc2c([N+](=O)[O-])ccnc12. The molecule has 2 rings (SSSR count). The van der Waals surface area contributed by atoms with Gasteiger partial charge in [-0.25, -0.2) is 0 Å². The summed E-state index contributed by atoms with van der Waals surface area (Å²) in [5.74, 6) is -0.300. The highest BCUT2D eigenvalue weighted by Gasteiger charge is 2.13. The zero-order chi connectivity index (χ0) is 10.1. The quantitative estimate of drug-likeness (QED) is 0.510. The molecule has 0 aliphatic rings. The van der Waals surface area contributed by atoms with Crippen LogP contribution in [0.2, 0.25) is 0 Å². The van der Waals surface area contributed by atoms with Gasteiger partial charge in [-0.1, -0.05) is 6.07 Å². The highest BCUT2D eigenvalue weighted by Crippen LogP contribution is 2.29. The second-order valence-electron chi connectivity index (χ2n) is 2.74. The van der Waals surface area contributed by atoms with E-state index in [9.17, 15) is 15.2 Å². The van der Waals surface area contributed by atoms with Crippen molar-refractivity contribution in [1.29, 1.82) is 0 Å². The van der Waals surface area contributed by atoms with Gasteiger partial charge in [0.1, 0.15) is 5.52 Å². The molecule has 2 aromatic rings. The van der Waals surface area contributed by atoms with Gasteiger partial charge in [-0.2, -0.15) is 0 Å². The number of nitro groups is 1. The van der Waals surface area contributed by atoms with Gasteiger partial charge in [0, 0.05) is 12.3 Å². The molecule has 14 heavy (non-hydrogen) atoms. The molecule has 0 saturated heterocycles. The second kappa shape index (κ2) is 2.95. The molecule has 69 valence electrons. The Morgan fingerprint density at radius 2 is 2.07 bits per heavy atom. The van der Waals surface area contributed by atoms with Crippen molar-refractivity contribution in [2.75, 3.05) is 0 Å². The molecule has 1 heterocycles. The van der Waals surface area contributed by atoms with Gasteiger partial charge < -0.3 is 0 Å². The van der Waals surface area contributed by atoms with E-state index < -0.39 is 4.92 Å². The molecule has 0 unspecified atom stereocenters. The van der Waals surface area contributed by atoms with Crippen LogP contribution in [0, 0.1) is 10.1 Å². The third kappa shape index (κ3) is 1.15. The minimum Gasteiger partial charge on any atom is -0.288 e. The maximum atomic E-state index is 11.3. The number of aromatic nitrogens is 1. The molecule has 1 aromatic carbocycles. The number of fused-ring (bicyclic) bond motifs is 1. The van der Waals surface area contributed by atoms with Crippen LogP contribution in [0.25, 0.3) is 10.9 Å². The third-order valence-electron chi connectivity index (χ3n) is 1.91. The smallest absolute Gasteiger partial charge is 0.280 e. The van der Waals surface area contributed by atoms with Crippen molar-refractivity contribution in [2.24, 2.45) is 0 Å². The van der Waals surface area contributed by atoms with Crippen LogP contribution >= 0.6 is 0 Å². The summed E-state index contributed by atoms with van der Waals surface area (Å²) >= 11 is 0. The monoisotopic (exact) mass is 189 g/mol. The molecule has 0 fully saturated rings. The maximum Gasteiger partial charge on any atom is 0.280 e. The molecule has 1 radical (unpaired) electrons. The van der Waals surface area contributed by atoms with Crippen LogP contribution in [-0.4, -0.2) is 9.91 Å². The lowest BCUT2D eigenvalue weighted by molar-refractivity contribution is -0.383. The first-order valence-corrected chi connectivity index (χ1v) is 3.89. The first-order chi connectivity index (χ1) is 6.70. The summed E-state index contributed by atoms with van der Waals surface area (Å²) < 4.78 is 0. The lowest BCUT2D eigenvalue weighted by Gasteiger charge is -1.97. The Morgan fingerprint density at radius 1 is 1.29 bits per heavy atom. The number of benzene rings is 1. The van der Waals surface area contributed by atoms with E-state index in [1.165, 1.54) is 30.5 Å². The summed E-state index contributed by atoms with van der Waals surface area (Å²) in [4.78, 5) is 13.9. The van der Waals surface area contributed by atoms with Crippen molar-refractivity contribution in [3.05, 3.63) is 40.6 Å². The summed E-state index contributed by atoms with van der Waals surface area (Å²) in [5, 5.41) is 22.2. The molecule has 0 aliphatic carbocycles. The van der Waals surface area contributed by atoms with Gasteiger partial charge in [0.05, 0.1) is 10.3 Å². The summed E-state index contributed by atoms with van der Waals surface area (Å²) in [5.41, 5.74) is 0.0504. The third-order valence-corrected chi connectivity index (χ3v) is 1.91. The molecule has 0 spiro atoms. The largest absolute Gasteiger partial charge is 0.288 e. The van der Waals surface area contributed by atoms with E-state index in [4.69, 9.17) is 0 Å². The van der Waals surface area contributed by atoms with E-state index in [0.29, 0.717) is 0 Å². The molecule has 0 saturated carbocycles. The van der Waals surface area contributed by atoms with E-state index in [-0.39, 0.29) is 22.3 Å². The molecule has 5 nitrogen and oxygen atoms in total. The summed E-state index contributed by atoms with van der Waals surface area (Å²) in [6, 6.07) is 5.61. The normalized spacial score (nSPS) is 10.3. The summed E-state index contributed by atoms with van der Waals surface area (Å²) in [7, 11) is 0. The molecule has 0 amide bonds. The fourth-order valence-corrected chi connectivity index (χ4v) is 1.29. The Hall–Kier alpha value is -2.17. The van der Waals surface area contributed by atoms with Crippen molar-refractivity contribution in [2.45, 2.75) is 0 Å². The van der Waals surface area contributed by atoms with Crippen LogP contribution in [0.3, 0.4) is 0 Å². The average molecular weight is 189 g/mol. The Bertz CT molecular complexity index is 510. The molecule has 0 atom stereocenters. The zero-order valence-electron chi connectivity index (χ0n) is 7.01. The molecular formula is C9H5N2O3. The maximum absolute atomic E-state index is 11.3. The van der Waals surface area contributed by atoms with Gasteiger partial charge in [0.15, 0.2) is 0 Å². The highest BCUT2D eigenvalue weighted by atomic mass is 16.6. The van der Waals surface area contributed by atoms with Crippen LogP contribution in [0.1, 0.15) is 0 Å². The van der Waals surface area contributed by atoms with E-state index >= 15 is 0 Å². The van der Waals surface area contributed by atoms with Gasteiger partial charge in [-0.3, -0.25) is 20.2 Å². The van der Waals surface area contributed by atoms with Gasteiger partial charge in [0.25, 0.3) is 5.69 Å². The second-order valence-corrected chi connectivity index (χ2v) is 2.74. The Labute approximate surface area is 78.8 Å². The minimum absolute atomic E-state index is 0.0901. The number of hydrogen-bond donors (Lipinski definition) is 0.